The van der Waals surface area contributed by atoms with E-state index < -0.39 is 5.41 Å². The van der Waals surface area contributed by atoms with E-state index in [1.807, 2.05) is 0 Å². The average molecular weight is 695 g/mol. The summed E-state index contributed by atoms with van der Waals surface area (Å²) in [6.45, 7) is 0. The van der Waals surface area contributed by atoms with Crippen LogP contribution >= 0.6 is 0 Å². The fraction of sp³-hybridized carbons (Fsp3) is 0.0189. The number of hydrogen-bond donors (Lipinski definition) is 0. The molecule has 0 N–H and O–H groups in total. The molecular weight excluding hydrogens is 665 g/mol. The minimum atomic E-state index is -0.463. The fourth-order valence-electron chi connectivity index (χ4n) is 10.4. The highest BCUT2D eigenvalue weighted by Crippen LogP contribution is 2.65. The summed E-state index contributed by atoms with van der Waals surface area (Å²) in [4.78, 5) is 10.6. The van der Waals surface area contributed by atoms with Crippen molar-refractivity contribution in [3.63, 3.8) is 0 Å². The number of benzene rings is 9. The average Bonchev–Trinajstić information content (AvgIpc) is 3.85. The zero-order valence-electron chi connectivity index (χ0n) is 29.7. The minimum absolute atomic E-state index is 0.463. The second-order valence-electron chi connectivity index (χ2n) is 15.2. The van der Waals surface area contributed by atoms with E-state index in [2.05, 4.69) is 182 Å². The maximum Gasteiger partial charge on any atom is 0.160 e. The van der Waals surface area contributed by atoms with E-state index in [1.165, 1.54) is 88.3 Å². The standard InChI is InChI=1S/C53H30N2/c1-2-13-32-28-33(25-24-31(32)12-1)51-40-18-7-10-23-48(40)54-52(55-51)34-26-27-46-42(29-34)37-16-5-8-21-44(37)53(46)45-22-9-6-17-39(45)50-41-20-11-19-38-35-14-3-4-15-36(35)43(49(38)41)30-47(50)53/h1-30H. The second-order valence-corrected chi connectivity index (χ2v) is 15.2. The van der Waals surface area contributed by atoms with E-state index in [0.29, 0.717) is 0 Å². The number of nitrogens with zero attached hydrogens (tertiary/aromatic N) is 2. The van der Waals surface area contributed by atoms with Crippen molar-refractivity contribution in [2.45, 2.75) is 5.41 Å². The van der Waals surface area contributed by atoms with Gasteiger partial charge in [-0.1, -0.05) is 158 Å². The van der Waals surface area contributed by atoms with Gasteiger partial charge in [0, 0.05) is 16.5 Å². The molecule has 2 heteroatoms. The highest BCUT2D eigenvalue weighted by Gasteiger charge is 2.52. The molecule has 0 saturated carbocycles. The first-order valence-electron chi connectivity index (χ1n) is 19.1. The van der Waals surface area contributed by atoms with Crippen LogP contribution in [0.5, 0.6) is 0 Å². The third-order valence-electron chi connectivity index (χ3n) is 12.6. The zero-order chi connectivity index (χ0) is 35.8. The van der Waals surface area contributed by atoms with Crippen molar-refractivity contribution >= 4 is 32.4 Å². The summed E-state index contributed by atoms with van der Waals surface area (Å²) >= 11 is 0. The molecule has 0 saturated heterocycles. The summed E-state index contributed by atoms with van der Waals surface area (Å²) in [5.41, 5.74) is 19.4. The van der Waals surface area contributed by atoms with Crippen LogP contribution < -0.4 is 0 Å². The number of rotatable bonds is 2. The van der Waals surface area contributed by atoms with Crippen molar-refractivity contribution in [3.8, 4) is 67.2 Å². The number of para-hydroxylation sites is 1. The molecule has 1 unspecified atom stereocenters. The Bertz CT molecular complexity index is 3340. The molecule has 2 nitrogen and oxygen atoms in total. The molecule has 13 rings (SSSR count). The van der Waals surface area contributed by atoms with E-state index in [9.17, 15) is 0 Å². The molecule has 1 heterocycles. The summed E-state index contributed by atoms with van der Waals surface area (Å²) in [6, 6.07) is 67.0. The Balaban J connectivity index is 1.08. The lowest BCUT2D eigenvalue weighted by atomic mass is 9.70. The first-order valence-corrected chi connectivity index (χ1v) is 19.1. The molecule has 0 fully saturated rings. The van der Waals surface area contributed by atoms with Gasteiger partial charge < -0.3 is 0 Å². The molecule has 55 heavy (non-hydrogen) atoms. The molecular formula is C53H30N2. The third kappa shape index (κ3) is 3.69. The van der Waals surface area contributed by atoms with Crippen LogP contribution in [0.1, 0.15) is 22.3 Å². The van der Waals surface area contributed by atoms with Crippen LogP contribution in [0.25, 0.3) is 99.6 Å². The van der Waals surface area contributed by atoms with Gasteiger partial charge in [0.1, 0.15) is 0 Å². The summed E-state index contributed by atoms with van der Waals surface area (Å²) in [6.07, 6.45) is 0. The van der Waals surface area contributed by atoms with Gasteiger partial charge in [0.05, 0.1) is 16.6 Å². The van der Waals surface area contributed by atoms with Gasteiger partial charge >= 0.3 is 0 Å². The van der Waals surface area contributed by atoms with Crippen molar-refractivity contribution in [2.75, 3.05) is 0 Å². The highest BCUT2D eigenvalue weighted by molar-refractivity contribution is 6.21. The van der Waals surface area contributed by atoms with Crippen molar-refractivity contribution in [3.05, 3.63) is 204 Å². The van der Waals surface area contributed by atoms with E-state index in [0.717, 1.165) is 33.5 Å². The third-order valence-corrected chi connectivity index (χ3v) is 12.6. The van der Waals surface area contributed by atoms with Crippen molar-refractivity contribution in [1.82, 2.24) is 9.97 Å². The topological polar surface area (TPSA) is 25.8 Å². The van der Waals surface area contributed by atoms with Gasteiger partial charge in [-0.25, -0.2) is 9.97 Å². The predicted molar refractivity (Wildman–Crippen MR) is 226 cm³/mol. The van der Waals surface area contributed by atoms with Crippen molar-refractivity contribution in [2.24, 2.45) is 0 Å². The Kier molecular flexibility index (Phi) is 5.59. The van der Waals surface area contributed by atoms with E-state index in [4.69, 9.17) is 9.97 Å². The Morgan fingerprint density at radius 3 is 1.85 bits per heavy atom. The number of fused-ring (bicyclic) bond motifs is 16. The normalized spacial score (nSPS) is 15.3. The monoisotopic (exact) mass is 694 g/mol. The Hall–Kier alpha value is -7.16. The van der Waals surface area contributed by atoms with Gasteiger partial charge in [-0.05, 0) is 113 Å². The second kappa shape index (κ2) is 10.5. The largest absolute Gasteiger partial charge is 0.228 e. The molecule has 3 aliphatic rings. The van der Waals surface area contributed by atoms with E-state index in [1.54, 1.807) is 0 Å². The van der Waals surface area contributed by atoms with Crippen LogP contribution in [0.2, 0.25) is 0 Å². The lowest BCUT2D eigenvalue weighted by Crippen LogP contribution is -2.25. The van der Waals surface area contributed by atoms with Crippen LogP contribution in [-0.4, -0.2) is 9.97 Å². The minimum Gasteiger partial charge on any atom is -0.228 e. The molecule has 0 bridgehead atoms. The Morgan fingerprint density at radius 1 is 0.345 bits per heavy atom. The summed E-state index contributed by atoms with van der Waals surface area (Å²) in [5.74, 6) is 0.735. The molecule has 9 aromatic carbocycles. The van der Waals surface area contributed by atoms with Gasteiger partial charge in [-0.2, -0.15) is 0 Å². The fourth-order valence-corrected chi connectivity index (χ4v) is 10.4. The molecule has 0 radical (unpaired) electrons. The van der Waals surface area contributed by atoms with E-state index in [-0.39, 0.29) is 0 Å². The highest BCUT2D eigenvalue weighted by atomic mass is 14.9. The molecule has 252 valence electrons. The van der Waals surface area contributed by atoms with Gasteiger partial charge in [0.25, 0.3) is 0 Å². The molecule has 1 atom stereocenters. The molecule has 0 aliphatic heterocycles. The first kappa shape index (κ1) is 29.3. The van der Waals surface area contributed by atoms with Gasteiger partial charge in [-0.15, -0.1) is 0 Å². The molecule has 10 aromatic rings. The van der Waals surface area contributed by atoms with Crippen LogP contribution in [0.3, 0.4) is 0 Å². The summed E-state index contributed by atoms with van der Waals surface area (Å²) < 4.78 is 0. The van der Waals surface area contributed by atoms with Gasteiger partial charge in [0.15, 0.2) is 5.82 Å². The molecule has 1 spiro atoms. The zero-order valence-corrected chi connectivity index (χ0v) is 29.7. The van der Waals surface area contributed by atoms with Gasteiger partial charge in [0.2, 0.25) is 0 Å². The molecule has 3 aliphatic carbocycles. The summed E-state index contributed by atoms with van der Waals surface area (Å²) in [7, 11) is 0. The first-order chi connectivity index (χ1) is 27.3. The number of aromatic nitrogens is 2. The van der Waals surface area contributed by atoms with Crippen LogP contribution in [-0.2, 0) is 5.41 Å². The van der Waals surface area contributed by atoms with E-state index >= 15 is 0 Å². The van der Waals surface area contributed by atoms with Crippen molar-refractivity contribution in [1.29, 1.82) is 0 Å². The summed E-state index contributed by atoms with van der Waals surface area (Å²) in [5, 5.41) is 6.17. The lowest BCUT2D eigenvalue weighted by molar-refractivity contribution is 0.795. The molecule has 0 amide bonds. The smallest absolute Gasteiger partial charge is 0.160 e. The SMILES string of the molecule is c1ccc2c(c1)-c1cccc3c4c(cc-2c13)C1(c2ccccc2-c2cc(-c3nc(-c5ccc6ccccc6c5)c5ccccc5n3)ccc21)c1ccccc1-4. The Morgan fingerprint density at radius 2 is 0.982 bits per heavy atom. The maximum atomic E-state index is 5.36. The maximum absolute atomic E-state index is 5.36. The van der Waals surface area contributed by atoms with Crippen LogP contribution in [0.15, 0.2) is 182 Å². The van der Waals surface area contributed by atoms with Crippen LogP contribution in [0, 0.1) is 0 Å². The van der Waals surface area contributed by atoms with Crippen molar-refractivity contribution < 1.29 is 0 Å². The molecule has 1 aromatic heterocycles. The van der Waals surface area contributed by atoms with Gasteiger partial charge in [-0.3, -0.25) is 0 Å². The number of hydrogen-bond acceptors (Lipinski definition) is 2. The predicted octanol–water partition coefficient (Wildman–Crippen LogP) is 13.3. The quantitative estimate of drug-likeness (QED) is 0.180. The van der Waals surface area contributed by atoms with Crippen LogP contribution in [0.4, 0.5) is 0 Å². The Labute approximate surface area is 318 Å². The lowest BCUT2D eigenvalue weighted by Gasteiger charge is -2.31.